The molecule has 0 aromatic carbocycles. The van der Waals surface area contributed by atoms with Gasteiger partial charge >= 0.3 is 0 Å². The summed E-state index contributed by atoms with van der Waals surface area (Å²) in [5.74, 6) is 0.750. The van der Waals surface area contributed by atoms with Crippen LogP contribution in [-0.4, -0.2) is 21.5 Å². The minimum atomic E-state index is 0.266. The third-order valence-corrected chi connectivity index (χ3v) is 2.59. The van der Waals surface area contributed by atoms with Gasteiger partial charge in [-0.1, -0.05) is 18.7 Å². The minimum absolute atomic E-state index is 0.266. The number of ketones is 1. The van der Waals surface area contributed by atoms with Crippen molar-refractivity contribution in [2.45, 2.75) is 31.8 Å². The minimum Gasteiger partial charge on any atom is -0.299 e. The lowest BCUT2D eigenvalue weighted by atomic mass is 10.3. The molecule has 0 atom stereocenters. The summed E-state index contributed by atoms with van der Waals surface area (Å²) < 4.78 is 0. The average molecular weight is 210 g/mol. The summed E-state index contributed by atoms with van der Waals surface area (Å²) in [6.07, 6.45) is 3.28. The second-order valence-electron chi connectivity index (χ2n) is 3.06. The summed E-state index contributed by atoms with van der Waals surface area (Å²) in [5.41, 5.74) is 0.936. The number of nitrogens with zero attached hydrogens (tertiary/aromatic N) is 2. The van der Waals surface area contributed by atoms with Gasteiger partial charge in [0.1, 0.15) is 5.78 Å². The van der Waals surface area contributed by atoms with E-state index in [1.807, 2.05) is 19.9 Å². The zero-order valence-corrected chi connectivity index (χ0v) is 9.30. The molecule has 0 saturated heterocycles. The van der Waals surface area contributed by atoms with E-state index in [1.165, 1.54) is 11.8 Å². The number of carbonyl (C=O) groups excluding carboxylic acids is 1. The Balaban J connectivity index is 2.41. The van der Waals surface area contributed by atoms with Gasteiger partial charge in [0.15, 0.2) is 5.16 Å². The van der Waals surface area contributed by atoms with E-state index in [1.54, 1.807) is 6.20 Å². The van der Waals surface area contributed by atoms with Gasteiger partial charge in [-0.3, -0.25) is 4.79 Å². The Labute approximate surface area is 88.3 Å². The highest BCUT2D eigenvalue weighted by Crippen LogP contribution is 2.12. The zero-order chi connectivity index (χ0) is 10.4. The number of thioether (sulfide) groups is 1. The summed E-state index contributed by atoms with van der Waals surface area (Å²) in [5, 5.41) is 0.689. The molecule has 0 amide bonds. The number of hydrogen-bond donors (Lipinski definition) is 0. The molecule has 0 unspecified atom stereocenters. The molecule has 0 radical (unpaired) electrons. The van der Waals surface area contributed by atoms with Crippen LogP contribution in [0.25, 0.3) is 0 Å². The van der Waals surface area contributed by atoms with Crippen molar-refractivity contribution in [3.63, 3.8) is 0 Å². The molecule has 0 saturated carbocycles. The molecular formula is C10H14N2OS. The number of hydrogen-bond acceptors (Lipinski definition) is 4. The highest BCUT2D eigenvalue weighted by Gasteiger charge is 2.03. The maximum Gasteiger partial charge on any atom is 0.188 e. The van der Waals surface area contributed by atoms with Crippen LogP contribution >= 0.6 is 11.8 Å². The van der Waals surface area contributed by atoms with Crippen molar-refractivity contribution in [1.82, 2.24) is 9.97 Å². The van der Waals surface area contributed by atoms with Gasteiger partial charge in [0.2, 0.25) is 0 Å². The monoisotopic (exact) mass is 210 g/mol. The molecule has 0 bridgehead atoms. The van der Waals surface area contributed by atoms with Crippen molar-refractivity contribution in [3.05, 3.63) is 18.0 Å². The quantitative estimate of drug-likeness (QED) is 0.552. The van der Waals surface area contributed by atoms with E-state index in [2.05, 4.69) is 9.97 Å². The van der Waals surface area contributed by atoms with E-state index in [9.17, 15) is 4.79 Å². The fourth-order valence-corrected chi connectivity index (χ4v) is 1.77. The van der Waals surface area contributed by atoms with Gasteiger partial charge in [0.25, 0.3) is 0 Å². The van der Waals surface area contributed by atoms with Crippen LogP contribution in [0.2, 0.25) is 0 Å². The first kappa shape index (κ1) is 11.2. The first-order valence-corrected chi connectivity index (χ1v) is 5.65. The van der Waals surface area contributed by atoms with Gasteiger partial charge in [0, 0.05) is 18.3 Å². The highest BCUT2D eigenvalue weighted by atomic mass is 32.2. The van der Waals surface area contributed by atoms with E-state index in [4.69, 9.17) is 0 Å². The Bertz CT molecular complexity index is 315. The summed E-state index contributed by atoms with van der Waals surface area (Å²) in [6.45, 7) is 3.92. The van der Waals surface area contributed by atoms with Crippen LogP contribution in [0.1, 0.15) is 25.5 Å². The van der Waals surface area contributed by atoms with Crippen LogP contribution in [0.15, 0.2) is 17.4 Å². The Morgan fingerprint density at radius 1 is 1.57 bits per heavy atom. The first-order valence-electron chi connectivity index (χ1n) is 4.66. The molecule has 0 fully saturated rings. The lowest BCUT2D eigenvalue weighted by molar-refractivity contribution is -0.116. The maximum atomic E-state index is 11.2. The molecule has 3 nitrogen and oxygen atoms in total. The first-order chi connectivity index (χ1) is 6.72. The number of aromatic nitrogens is 2. The van der Waals surface area contributed by atoms with Crippen LogP contribution in [-0.2, 0) is 4.79 Å². The van der Waals surface area contributed by atoms with Crippen molar-refractivity contribution in [2.24, 2.45) is 0 Å². The van der Waals surface area contributed by atoms with Crippen molar-refractivity contribution in [1.29, 1.82) is 0 Å². The van der Waals surface area contributed by atoms with Gasteiger partial charge in [-0.25, -0.2) is 9.97 Å². The molecule has 0 aliphatic carbocycles. The van der Waals surface area contributed by atoms with Crippen LogP contribution < -0.4 is 0 Å². The third-order valence-electron chi connectivity index (χ3n) is 1.66. The predicted molar refractivity (Wildman–Crippen MR) is 57.4 cm³/mol. The lowest BCUT2D eigenvalue weighted by Crippen LogP contribution is -2.01. The maximum absolute atomic E-state index is 11.2. The van der Waals surface area contributed by atoms with Gasteiger partial charge in [-0.2, -0.15) is 0 Å². The molecule has 1 heterocycles. The Hall–Kier alpha value is -0.900. The van der Waals surface area contributed by atoms with E-state index < -0.39 is 0 Å². The molecule has 0 aliphatic rings. The molecule has 1 aromatic rings. The molecule has 1 rings (SSSR count). The SMILES string of the molecule is CCCC(=O)CSc1nccc(C)n1. The molecule has 0 spiro atoms. The lowest BCUT2D eigenvalue weighted by Gasteiger charge is -1.99. The van der Waals surface area contributed by atoms with Crippen molar-refractivity contribution < 1.29 is 4.79 Å². The molecule has 76 valence electrons. The standard InChI is InChI=1S/C10H14N2OS/c1-3-4-9(13)7-14-10-11-6-5-8(2)12-10/h5-6H,3-4,7H2,1-2H3. The summed E-state index contributed by atoms with van der Waals surface area (Å²) in [6, 6.07) is 1.85. The Kier molecular flexibility index (Phi) is 4.59. The molecule has 14 heavy (non-hydrogen) atoms. The van der Waals surface area contributed by atoms with Crippen molar-refractivity contribution in [2.75, 3.05) is 5.75 Å². The second-order valence-corrected chi connectivity index (χ2v) is 4.00. The van der Waals surface area contributed by atoms with Gasteiger partial charge in [-0.15, -0.1) is 0 Å². The molecule has 0 aliphatic heterocycles. The molecular weight excluding hydrogens is 196 g/mol. The van der Waals surface area contributed by atoms with E-state index >= 15 is 0 Å². The van der Waals surface area contributed by atoms with Crippen LogP contribution in [0, 0.1) is 6.92 Å². The highest BCUT2D eigenvalue weighted by molar-refractivity contribution is 7.99. The summed E-state index contributed by atoms with van der Waals surface area (Å²) in [4.78, 5) is 19.5. The molecule has 4 heteroatoms. The van der Waals surface area contributed by atoms with E-state index in [-0.39, 0.29) is 5.78 Å². The topological polar surface area (TPSA) is 42.9 Å². The summed E-state index contributed by atoms with van der Waals surface area (Å²) >= 11 is 1.41. The van der Waals surface area contributed by atoms with Crippen molar-refractivity contribution >= 4 is 17.5 Å². The van der Waals surface area contributed by atoms with Crippen LogP contribution in [0.4, 0.5) is 0 Å². The van der Waals surface area contributed by atoms with E-state index in [0.29, 0.717) is 17.3 Å². The number of aryl methyl sites for hydroxylation is 1. The fraction of sp³-hybridized carbons (Fsp3) is 0.500. The average Bonchev–Trinajstić information content (AvgIpc) is 2.15. The fourth-order valence-electron chi connectivity index (χ4n) is 0.991. The van der Waals surface area contributed by atoms with Gasteiger partial charge in [0.05, 0.1) is 5.75 Å². The van der Waals surface area contributed by atoms with Crippen LogP contribution in [0.3, 0.4) is 0 Å². The van der Waals surface area contributed by atoms with E-state index in [0.717, 1.165) is 12.1 Å². The van der Waals surface area contributed by atoms with Crippen LogP contribution in [0.5, 0.6) is 0 Å². The Morgan fingerprint density at radius 2 is 2.36 bits per heavy atom. The molecule has 0 N–H and O–H groups in total. The smallest absolute Gasteiger partial charge is 0.188 e. The zero-order valence-electron chi connectivity index (χ0n) is 8.49. The number of rotatable bonds is 5. The van der Waals surface area contributed by atoms with Crippen molar-refractivity contribution in [3.8, 4) is 0 Å². The Morgan fingerprint density at radius 3 is 3.00 bits per heavy atom. The summed E-state index contributed by atoms with van der Waals surface area (Å²) in [7, 11) is 0. The van der Waals surface area contributed by atoms with Gasteiger partial charge < -0.3 is 0 Å². The largest absolute Gasteiger partial charge is 0.299 e. The second kappa shape index (κ2) is 5.75. The normalized spacial score (nSPS) is 10.1. The molecule has 1 aromatic heterocycles. The number of carbonyl (C=O) groups is 1. The number of Topliss-reactive ketones (excluding diaryl/α,β-unsaturated/α-hetero) is 1. The predicted octanol–water partition coefficient (Wildman–Crippen LogP) is 2.25. The third kappa shape index (κ3) is 3.87. The van der Waals surface area contributed by atoms with Gasteiger partial charge in [-0.05, 0) is 19.4 Å².